The molecule has 1 aliphatic heterocycles. The molecule has 0 aliphatic carbocycles. The minimum Gasteiger partial charge on any atom is -0.444 e. The number of carbonyl (C=O) groups excluding carboxylic acids is 1. The Morgan fingerprint density at radius 1 is 1.12 bits per heavy atom. The Kier molecular flexibility index (Phi) is 6.46. The highest BCUT2D eigenvalue weighted by Gasteiger charge is 2.27. The molecule has 0 radical (unpaired) electrons. The van der Waals surface area contributed by atoms with E-state index in [1.807, 2.05) is 45.3 Å². The van der Waals surface area contributed by atoms with E-state index in [4.69, 9.17) is 9.72 Å². The standard InChI is InChI=1S/C26H33N3O4S/c1-18(29-15-12-20-16-22(34(5,31)32)7-9-24(20)29)23-8-6-21(17-27-23)19-10-13-28(14-11-19)25(30)33-26(2,3)4/h6-9,12,15-19H,10-11,13-14H2,1-5H3. The Morgan fingerprint density at radius 2 is 1.82 bits per heavy atom. The van der Waals surface area contributed by atoms with Crippen molar-refractivity contribution in [1.82, 2.24) is 14.5 Å². The highest BCUT2D eigenvalue weighted by atomic mass is 32.2. The quantitative estimate of drug-likeness (QED) is 0.512. The molecule has 1 aliphatic rings. The number of sulfone groups is 1. The lowest BCUT2D eigenvalue weighted by Gasteiger charge is -2.33. The Labute approximate surface area is 201 Å². The second-order valence-electron chi connectivity index (χ2n) is 10.1. The molecule has 182 valence electrons. The van der Waals surface area contributed by atoms with Crippen LogP contribution in [0, 0.1) is 0 Å². The maximum atomic E-state index is 12.3. The van der Waals surface area contributed by atoms with Crippen LogP contribution in [0.4, 0.5) is 4.79 Å². The summed E-state index contributed by atoms with van der Waals surface area (Å²) >= 11 is 0. The number of pyridine rings is 1. The van der Waals surface area contributed by atoms with E-state index in [1.165, 1.54) is 11.8 Å². The predicted octanol–water partition coefficient (Wildman–Crippen LogP) is 5.16. The first-order valence-corrected chi connectivity index (χ1v) is 13.6. The monoisotopic (exact) mass is 483 g/mol. The van der Waals surface area contributed by atoms with Gasteiger partial charge < -0.3 is 14.2 Å². The number of ether oxygens (including phenoxy) is 1. The van der Waals surface area contributed by atoms with Gasteiger partial charge in [0, 0.05) is 42.6 Å². The van der Waals surface area contributed by atoms with Crippen molar-refractivity contribution in [2.24, 2.45) is 0 Å². The van der Waals surface area contributed by atoms with Crippen LogP contribution in [-0.4, -0.2) is 53.9 Å². The molecule has 0 saturated carbocycles. The molecule has 1 atom stereocenters. The molecule has 34 heavy (non-hydrogen) atoms. The van der Waals surface area contributed by atoms with Crippen LogP contribution in [0.1, 0.15) is 63.8 Å². The fourth-order valence-corrected chi connectivity index (χ4v) is 5.14. The number of amides is 1. The van der Waals surface area contributed by atoms with Gasteiger partial charge in [-0.1, -0.05) is 6.07 Å². The first kappa shape index (κ1) is 24.3. The van der Waals surface area contributed by atoms with Gasteiger partial charge in [0.2, 0.25) is 0 Å². The van der Waals surface area contributed by atoms with Crippen LogP contribution in [0.25, 0.3) is 10.9 Å². The van der Waals surface area contributed by atoms with Crippen LogP contribution in [0.3, 0.4) is 0 Å². The summed E-state index contributed by atoms with van der Waals surface area (Å²) in [6.07, 6.45) is 6.69. The van der Waals surface area contributed by atoms with Crippen LogP contribution in [0.2, 0.25) is 0 Å². The summed E-state index contributed by atoms with van der Waals surface area (Å²) in [4.78, 5) is 19.2. The summed E-state index contributed by atoms with van der Waals surface area (Å²) in [6.45, 7) is 9.11. The number of nitrogens with zero attached hydrogens (tertiary/aromatic N) is 3. The molecular formula is C26H33N3O4S. The molecule has 0 N–H and O–H groups in total. The highest BCUT2D eigenvalue weighted by molar-refractivity contribution is 7.90. The Bertz CT molecular complexity index is 1280. The third kappa shape index (κ3) is 5.27. The molecule has 4 rings (SSSR count). The van der Waals surface area contributed by atoms with Gasteiger partial charge in [0.25, 0.3) is 0 Å². The summed E-state index contributed by atoms with van der Waals surface area (Å²) in [5.74, 6) is 0.373. The molecule has 8 heteroatoms. The number of fused-ring (bicyclic) bond motifs is 1. The molecular weight excluding hydrogens is 450 g/mol. The zero-order valence-electron chi connectivity index (χ0n) is 20.5. The van der Waals surface area contributed by atoms with Crippen molar-refractivity contribution in [2.45, 2.75) is 63.0 Å². The first-order chi connectivity index (χ1) is 15.9. The lowest BCUT2D eigenvalue weighted by atomic mass is 9.90. The summed E-state index contributed by atoms with van der Waals surface area (Å²) in [7, 11) is -3.24. The van der Waals surface area contributed by atoms with E-state index >= 15 is 0 Å². The maximum absolute atomic E-state index is 12.3. The van der Waals surface area contributed by atoms with Gasteiger partial charge in [-0.3, -0.25) is 4.98 Å². The van der Waals surface area contributed by atoms with Crippen molar-refractivity contribution < 1.29 is 17.9 Å². The van der Waals surface area contributed by atoms with Gasteiger partial charge in [-0.05, 0) is 82.3 Å². The minimum absolute atomic E-state index is 0.00431. The van der Waals surface area contributed by atoms with E-state index < -0.39 is 15.4 Å². The summed E-state index contributed by atoms with van der Waals surface area (Å²) in [6, 6.07) is 11.4. The Morgan fingerprint density at radius 3 is 2.41 bits per heavy atom. The number of carbonyl (C=O) groups is 1. The summed E-state index contributed by atoms with van der Waals surface area (Å²) in [5, 5.41) is 0.892. The third-order valence-electron chi connectivity index (χ3n) is 6.39. The Hall–Kier alpha value is -2.87. The largest absolute Gasteiger partial charge is 0.444 e. The smallest absolute Gasteiger partial charge is 0.410 e. The molecule has 3 aromatic rings. The average molecular weight is 484 g/mol. The molecule has 1 fully saturated rings. The predicted molar refractivity (Wildman–Crippen MR) is 133 cm³/mol. The van der Waals surface area contributed by atoms with Crippen molar-refractivity contribution >= 4 is 26.8 Å². The average Bonchev–Trinajstić information content (AvgIpc) is 3.20. The molecule has 0 bridgehead atoms. The van der Waals surface area contributed by atoms with Gasteiger partial charge in [-0.2, -0.15) is 0 Å². The second kappa shape index (κ2) is 9.06. The van der Waals surface area contributed by atoms with Gasteiger partial charge in [0.1, 0.15) is 5.60 Å². The SMILES string of the molecule is CC(c1ccc(C2CCN(C(=O)OC(C)(C)C)CC2)cn1)n1ccc2cc(S(C)(=O)=O)ccc21. The van der Waals surface area contributed by atoms with E-state index in [9.17, 15) is 13.2 Å². The molecule has 0 spiro atoms. The number of likely N-dealkylation sites (tertiary alicyclic amines) is 1. The van der Waals surface area contributed by atoms with Crippen molar-refractivity contribution in [3.63, 3.8) is 0 Å². The van der Waals surface area contributed by atoms with Crippen molar-refractivity contribution in [3.8, 4) is 0 Å². The number of benzene rings is 1. The lowest BCUT2D eigenvalue weighted by molar-refractivity contribution is 0.0205. The molecule has 1 amide bonds. The van der Waals surface area contributed by atoms with E-state index in [2.05, 4.69) is 23.6 Å². The van der Waals surface area contributed by atoms with Gasteiger partial charge in [-0.25, -0.2) is 13.2 Å². The zero-order valence-corrected chi connectivity index (χ0v) is 21.3. The lowest BCUT2D eigenvalue weighted by Crippen LogP contribution is -2.41. The first-order valence-electron chi connectivity index (χ1n) is 11.7. The number of piperidine rings is 1. The number of aromatic nitrogens is 2. The number of hydrogen-bond donors (Lipinski definition) is 0. The zero-order chi connectivity index (χ0) is 24.7. The minimum atomic E-state index is -3.24. The maximum Gasteiger partial charge on any atom is 0.410 e. The van der Waals surface area contributed by atoms with Crippen molar-refractivity contribution in [2.75, 3.05) is 19.3 Å². The second-order valence-corrected chi connectivity index (χ2v) is 12.2. The van der Waals surface area contributed by atoms with Gasteiger partial charge in [0.15, 0.2) is 9.84 Å². The molecule has 2 aromatic heterocycles. The normalized spacial score (nSPS) is 16.6. The molecule has 1 unspecified atom stereocenters. The van der Waals surface area contributed by atoms with Gasteiger partial charge in [-0.15, -0.1) is 0 Å². The fourth-order valence-electron chi connectivity index (χ4n) is 4.48. The van der Waals surface area contributed by atoms with E-state index in [0.29, 0.717) is 23.9 Å². The van der Waals surface area contributed by atoms with Crippen LogP contribution < -0.4 is 0 Å². The van der Waals surface area contributed by atoms with Crippen molar-refractivity contribution in [3.05, 3.63) is 60.0 Å². The van der Waals surface area contributed by atoms with E-state index in [1.54, 1.807) is 17.0 Å². The van der Waals surface area contributed by atoms with E-state index in [-0.39, 0.29) is 12.1 Å². The van der Waals surface area contributed by atoms with Crippen molar-refractivity contribution in [1.29, 1.82) is 0 Å². The molecule has 1 saturated heterocycles. The highest BCUT2D eigenvalue weighted by Crippen LogP contribution is 2.30. The van der Waals surface area contributed by atoms with E-state index in [0.717, 1.165) is 29.4 Å². The van der Waals surface area contributed by atoms with Crippen LogP contribution in [0.5, 0.6) is 0 Å². The summed E-state index contributed by atoms with van der Waals surface area (Å²) < 4.78 is 31.3. The molecule has 3 heterocycles. The summed E-state index contributed by atoms with van der Waals surface area (Å²) in [5.41, 5.74) is 2.63. The molecule has 1 aromatic carbocycles. The topological polar surface area (TPSA) is 81.5 Å². The van der Waals surface area contributed by atoms with Crippen LogP contribution >= 0.6 is 0 Å². The Balaban J connectivity index is 1.44. The van der Waals surface area contributed by atoms with Crippen LogP contribution in [0.15, 0.2) is 53.7 Å². The number of hydrogen-bond acceptors (Lipinski definition) is 5. The number of rotatable bonds is 4. The molecule has 7 nitrogen and oxygen atoms in total. The fraction of sp³-hybridized carbons (Fsp3) is 0.462. The van der Waals surface area contributed by atoms with Crippen LogP contribution in [-0.2, 0) is 14.6 Å². The van der Waals surface area contributed by atoms with Gasteiger partial charge >= 0.3 is 6.09 Å². The van der Waals surface area contributed by atoms with Gasteiger partial charge in [0.05, 0.1) is 16.6 Å². The third-order valence-corrected chi connectivity index (χ3v) is 7.50.